The van der Waals surface area contributed by atoms with Crippen molar-refractivity contribution in [3.63, 3.8) is 0 Å². The molecule has 0 amide bonds. The maximum absolute atomic E-state index is 4.23. The van der Waals surface area contributed by atoms with Crippen LogP contribution >= 0.6 is 0 Å². The second-order valence-corrected chi connectivity index (χ2v) is 3.63. The molecule has 3 aromatic rings. The molecule has 0 saturated heterocycles. The van der Waals surface area contributed by atoms with E-state index in [-0.39, 0.29) is 0 Å². The Bertz CT molecular complexity index is 637. The van der Waals surface area contributed by atoms with Crippen molar-refractivity contribution in [2.75, 3.05) is 0 Å². The lowest BCUT2D eigenvalue weighted by Gasteiger charge is -2.01. The van der Waals surface area contributed by atoms with Gasteiger partial charge in [0.2, 0.25) is 5.82 Å². The van der Waals surface area contributed by atoms with E-state index in [1.165, 1.54) is 10.2 Å². The van der Waals surface area contributed by atoms with E-state index in [0.717, 1.165) is 10.9 Å². The first-order chi connectivity index (χ1) is 7.84. The summed E-state index contributed by atoms with van der Waals surface area (Å²) >= 11 is 0. The molecule has 2 aromatic carbocycles. The van der Waals surface area contributed by atoms with Gasteiger partial charge in [-0.25, -0.2) is 0 Å². The van der Waals surface area contributed by atoms with Crippen LogP contribution < -0.4 is 0 Å². The fraction of sp³-hybridized carbons (Fsp3) is 0.0833. The number of tetrazole rings is 1. The highest BCUT2D eigenvalue weighted by atomic mass is 15.6. The van der Waals surface area contributed by atoms with E-state index in [4.69, 9.17) is 0 Å². The van der Waals surface area contributed by atoms with Gasteiger partial charge < -0.3 is 0 Å². The van der Waals surface area contributed by atoms with Crippen molar-refractivity contribution in [2.24, 2.45) is 7.05 Å². The minimum absolute atomic E-state index is 0.666. The number of aryl methyl sites for hydroxylation is 1. The fourth-order valence-electron chi connectivity index (χ4n) is 1.81. The highest BCUT2D eigenvalue weighted by Crippen LogP contribution is 2.25. The molecule has 0 unspecified atom stereocenters. The van der Waals surface area contributed by atoms with Crippen LogP contribution in [0.4, 0.5) is 0 Å². The quantitative estimate of drug-likeness (QED) is 0.617. The lowest BCUT2D eigenvalue weighted by molar-refractivity contribution is 0.630. The normalized spacial score (nSPS) is 10.8. The molecule has 4 heteroatoms. The molecule has 4 nitrogen and oxygen atoms in total. The Balaban J connectivity index is 2.31. The smallest absolute Gasteiger partial charge is 0.167 e. The molecule has 78 valence electrons. The van der Waals surface area contributed by atoms with Crippen molar-refractivity contribution in [2.45, 2.75) is 0 Å². The number of benzene rings is 2. The van der Waals surface area contributed by atoms with Crippen LogP contribution in [0.3, 0.4) is 0 Å². The molecule has 0 bridgehead atoms. The van der Waals surface area contributed by atoms with Gasteiger partial charge in [-0.2, -0.15) is 4.80 Å². The van der Waals surface area contributed by atoms with Crippen LogP contribution in [0.5, 0.6) is 0 Å². The molecule has 1 heterocycles. The minimum atomic E-state index is 0.666. The average molecular weight is 210 g/mol. The molecule has 0 atom stereocenters. The zero-order valence-electron chi connectivity index (χ0n) is 8.83. The first-order valence-corrected chi connectivity index (χ1v) is 5.07. The van der Waals surface area contributed by atoms with Gasteiger partial charge in [0.05, 0.1) is 7.05 Å². The number of hydrogen-bond donors (Lipinski definition) is 0. The Morgan fingerprint density at radius 2 is 1.81 bits per heavy atom. The van der Waals surface area contributed by atoms with Gasteiger partial charge in [-0.15, -0.1) is 10.2 Å². The number of nitrogens with zero attached hydrogens (tertiary/aromatic N) is 4. The number of rotatable bonds is 1. The lowest BCUT2D eigenvalue weighted by Crippen LogP contribution is -1.92. The summed E-state index contributed by atoms with van der Waals surface area (Å²) in [6, 6.07) is 14.3. The van der Waals surface area contributed by atoms with Gasteiger partial charge >= 0.3 is 0 Å². The second-order valence-electron chi connectivity index (χ2n) is 3.63. The monoisotopic (exact) mass is 210 g/mol. The van der Waals surface area contributed by atoms with E-state index in [1.54, 1.807) is 7.05 Å². The average Bonchev–Trinajstić information content (AvgIpc) is 2.75. The predicted molar refractivity (Wildman–Crippen MR) is 61.7 cm³/mol. The van der Waals surface area contributed by atoms with Crippen molar-refractivity contribution in [3.8, 4) is 11.4 Å². The Hall–Kier alpha value is -2.23. The molecule has 0 radical (unpaired) electrons. The van der Waals surface area contributed by atoms with Crippen LogP contribution in [0.15, 0.2) is 42.5 Å². The molecular formula is C12H10N4. The van der Waals surface area contributed by atoms with Gasteiger partial charge in [0.15, 0.2) is 0 Å². The molecule has 0 fully saturated rings. The first kappa shape index (κ1) is 9.03. The summed E-state index contributed by atoms with van der Waals surface area (Å²) in [7, 11) is 1.77. The fourth-order valence-corrected chi connectivity index (χ4v) is 1.81. The maximum Gasteiger partial charge on any atom is 0.205 e. The summed E-state index contributed by atoms with van der Waals surface area (Å²) in [5, 5.41) is 14.5. The topological polar surface area (TPSA) is 43.6 Å². The zero-order chi connectivity index (χ0) is 11.0. The molecular weight excluding hydrogens is 200 g/mol. The van der Waals surface area contributed by atoms with Crippen molar-refractivity contribution in [3.05, 3.63) is 42.5 Å². The summed E-state index contributed by atoms with van der Waals surface area (Å²) in [5.74, 6) is 0.666. The van der Waals surface area contributed by atoms with Gasteiger partial charge in [0.1, 0.15) is 0 Å². The van der Waals surface area contributed by atoms with E-state index in [0.29, 0.717) is 5.82 Å². The van der Waals surface area contributed by atoms with Crippen LogP contribution in [0.1, 0.15) is 0 Å². The number of fused-ring (bicyclic) bond motifs is 1. The molecule has 0 N–H and O–H groups in total. The van der Waals surface area contributed by atoms with E-state index < -0.39 is 0 Å². The van der Waals surface area contributed by atoms with Gasteiger partial charge in [0, 0.05) is 5.56 Å². The Morgan fingerprint density at radius 3 is 2.62 bits per heavy atom. The van der Waals surface area contributed by atoms with E-state index in [1.807, 2.05) is 24.3 Å². The van der Waals surface area contributed by atoms with E-state index in [2.05, 4.69) is 33.6 Å². The Labute approximate surface area is 92.5 Å². The molecule has 1 aromatic heterocycles. The summed E-state index contributed by atoms with van der Waals surface area (Å²) in [4.78, 5) is 1.47. The van der Waals surface area contributed by atoms with Crippen LogP contribution in [0.2, 0.25) is 0 Å². The second kappa shape index (κ2) is 3.41. The van der Waals surface area contributed by atoms with Crippen molar-refractivity contribution >= 4 is 10.8 Å². The maximum atomic E-state index is 4.23. The van der Waals surface area contributed by atoms with Crippen LogP contribution in [0, 0.1) is 0 Å². The molecule has 3 rings (SSSR count). The summed E-state index contributed by atoms with van der Waals surface area (Å²) in [5.41, 5.74) is 1.02. The lowest BCUT2D eigenvalue weighted by atomic mass is 10.0. The zero-order valence-corrected chi connectivity index (χ0v) is 8.83. The van der Waals surface area contributed by atoms with Crippen molar-refractivity contribution in [1.82, 2.24) is 20.2 Å². The molecule has 0 saturated carbocycles. The third kappa shape index (κ3) is 1.35. The largest absolute Gasteiger partial charge is 0.205 e. The molecule has 0 aliphatic carbocycles. The molecule has 0 aliphatic rings. The highest BCUT2D eigenvalue weighted by molar-refractivity contribution is 5.94. The summed E-state index contributed by atoms with van der Waals surface area (Å²) < 4.78 is 0. The van der Waals surface area contributed by atoms with E-state index >= 15 is 0 Å². The van der Waals surface area contributed by atoms with Crippen LogP contribution in [-0.4, -0.2) is 20.2 Å². The van der Waals surface area contributed by atoms with Gasteiger partial charge in [-0.05, 0) is 16.0 Å². The van der Waals surface area contributed by atoms with Crippen molar-refractivity contribution in [1.29, 1.82) is 0 Å². The summed E-state index contributed by atoms with van der Waals surface area (Å²) in [6.45, 7) is 0. The number of hydrogen-bond acceptors (Lipinski definition) is 3. The third-order valence-electron chi connectivity index (χ3n) is 2.54. The predicted octanol–water partition coefficient (Wildman–Crippen LogP) is 2.03. The van der Waals surface area contributed by atoms with Gasteiger partial charge in [-0.1, -0.05) is 42.5 Å². The third-order valence-corrected chi connectivity index (χ3v) is 2.54. The highest BCUT2D eigenvalue weighted by Gasteiger charge is 2.07. The Kier molecular flexibility index (Phi) is 1.93. The SMILES string of the molecule is Cn1nnc(-c2cccc3ccccc23)n1. The first-order valence-electron chi connectivity index (χ1n) is 5.07. The van der Waals surface area contributed by atoms with Crippen molar-refractivity contribution < 1.29 is 0 Å². The molecule has 0 spiro atoms. The molecule has 16 heavy (non-hydrogen) atoms. The van der Waals surface area contributed by atoms with Gasteiger partial charge in [-0.3, -0.25) is 0 Å². The standard InChI is InChI=1S/C12H10N4/c1-16-14-12(13-15-16)11-8-4-6-9-5-2-3-7-10(9)11/h2-8H,1H3. The number of aromatic nitrogens is 4. The Morgan fingerprint density at radius 1 is 1.00 bits per heavy atom. The van der Waals surface area contributed by atoms with Crippen LogP contribution in [0.25, 0.3) is 22.2 Å². The van der Waals surface area contributed by atoms with E-state index in [9.17, 15) is 0 Å². The molecule has 0 aliphatic heterocycles. The summed E-state index contributed by atoms with van der Waals surface area (Å²) in [6.07, 6.45) is 0. The minimum Gasteiger partial charge on any atom is -0.167 e. The van der Waals surface area contributed by atoms with Gasteiger partial charge in [0.25, 0.3) is 0 Å². The van der Waals surface area contributed by atoms with Crippen LogP contribution in [-0.2, 0) is 7.05 Å².